The SMILES string of the molecule is CC/C=C\C/C=C\C/C=C\C/C=C\C/C=C\CCCCCCCCCCCC(=O)OCC(COC(=O)CCCCCCCCC/C=C\CCCCCCCC)OC(=O)CCCCCCCCCC/C=C\C/C=C\C/C=C\CCCCCCC. The van der Waals surface area contributed by atoms with Crippen molar-refractivity contribution in [2.24, 2.45) is 0 Å². The highest BCUT2D eigenvalue weighted by Crippen LogP contribution is 2.16. The van der Waals surface area contributed by atoms with E-state index in [9.17, 15) is 14.4 Å². The lowest BCUT2D eigenvalue weighted by Gasteiger charge is -2.18. The van der Waals surface area contributed by atoms with Crippen LogP contribution >= 0.6 is 0 Å². The van der Waals surface area contributed by atoms with Crippen molar-refractivity contribution >= 4 is 17.9 Å². The Hall–Kier alpha value is -3.93. The van der Waals surface area contributed by atoms with Gasteiger partial charge >= 0.3 is 17.9 Å². The zero-order chi connectivity index (χ0) is 59.9. The summed E-state index contributed by atoms with van der Waals surface area (Å²) >= 11 is 0. The van der Waals surface area contributed by atoms with Crippen LogP contribution in [0.4, 0.5) is 0 Å². The number of hydrogen-bond acceptors (Lipinski definition) is 6. The maximum atomic E-state index is 13.0. The Kier molecular flexibility index (Phi) is 67.2. The van der Waals surface area contributed by atoms with Crippen molar-refractivity contribution in [3.8, 4) is 0 Å². The molecule has 0 fully saturated rings. The predicted octanol–water partition coefficient (Wildman–Crippen LogP) is 24.6. The summed E-state index contributed by atoms with van der Waals surface area (Å²) in [6, 6.07) is 0. The molecule has 6 heteroatoms. The molecule has 0 amide bonds. The predicted molar refractivity (Wildman–Crippen MR) is 362 cm³/mol. The Morgan fingerprint density at radius 1 is 0.253 bits per heavy atom. The maximum absolute atomic E-state index is 13.0. The van der Waals surface area contributed by atoms with Crippen LogP contribution in [-0.4, -0.2) is 37.2 Å². The molecule has 0 saturated carbocycles. The van der Waals surface area contributed by atoms with Gasteiger partial charge in [0.2, 0.25) is 0 Å². The van der Waals surface area contributed by atoms with Gasteiger partial charge in [-0.3, -0.25) is 14.4 Å². The minimum Gasteiger partial charge on any atom is -0.462 e. The largest absolute Gasteiger partial charge is 0.462 e. The molecule has 0 aliphatic rings. The van der Waals surface area contributed by atoms with Crippen LogP contribution in [0.15, 0.2) is 109 Å². The molecule has 0 aliphatic carbocycles. The number of hydrogen-bond donors (Lipinski definition) is 0. The molecule has 0 aliphatic heterocycles. The van der Waals surface area contributed by atoms with Crippen LogP contribution in [0.3, 0.4) is 0 Å². The van der Waals surface area contributed by atoms with Crippen LogP contribution in [0.2, 0.25) is 0 Å². The first-order chi connectivity index (χ1) is 41.0. The number of ether oxygens (including phenoxy) is 3. The van der Waals surface area contributed by atoms with E-state index >= 15 is 0 Å². The van der Waals surface area contributed by atoms with Crippen LogP contribution in [0.25, 0.3) is 0 Å². The monoisotopic (exact) mass is 1150 g/mol. The molecule has 6 nitrogen and oxygen atoms in total. The summed E-state index contributed by atoms with van der Waals surface area (Å²) in [5, 5.41) is 0. The third kappa shape index (κ3) is 68.7. The average Bonchev–Trinajstić information content (AvgIpc) is 3.49. The highest BCUT2D eigenvalue weighted by atomic mass is 16.6. The number of allylic oxidation sites excluding steroid dienone is 18. The molecule has 0 N–H and O–H groups in total. The van der Waals surface area contributed by atoms with Gasteiger partial charge in [0.25, 0.3) is 0 Å². The third-order valence-electron chi connectivity index (χ3n) is 15.2. The molecule has 0 saturated heterocycles. The van der Waals surface area contributed by atoms with E-state index in [0.29, 0.717) is 19.3 Å². The van der Waals surface area contributed by atoms with E-state index in [-0.39, 0.29) is 31.1 Å². The van der Waals surface area contributed by atoms with E-state index in [4.69, 9.17) is 14.2 Å². The Morgan fingerprint density at radius 2 is 0.470 bits per heavy atom. The van der Waals surface area contributed by atoms with Gasteiger partial charge in [0.1, 0.15) is 13.2 Å². The summed E-state index contributed by atoms with van der Waals surface area (Å²) in [6.45, 7) is 6.53. The summed E-state index contributed by atoms with van der Waals surface area (Å²) in [5.74, 6) is -0.889. The molecule has 476 valence electrons. The van der Waals surface area contributed by atoms with E-state index < -0.39 is 6.10 Å². The normalized spacial score (nSPS) is 12.8. The highest BCUT2D eigenvalue weighted by molar-refractivity contribution is 5.71. The summed E-state index contributed by atoms with van der Waals surface area (Å²) in [6.07, 6.45) is 96.7. The third-order valence-corrected chi connectivity index (χ3v) is 15.2. The Morgan fingerprint density at radius 3 is 0.747 bits per heavy atom. The Balaban J connectivity index is 4.40. The highest BCUT2D eigenvalue weighted by Gasteiger charge is 2.19. The van der Waals surface area contributed by atoms with E-state index in [1.165, 1.54) is 186 Å². The zero-order valence-electron chi connectivity index (χ0n) is 54.7. The molecule has 0 aromatic carbocycles. The first-order valence-corrected chi connectivity index (χ1v) is 35.4. The number of rotatable bonds is 64. The minimum atomic E-state index is -0.791. The van der Waals surface area contributed by atoms with Crippen molar-refractivity contribution in [3.05, 3.63) is 109 Å². The van der Waals surface area contributed by atoms with Crippen molar-refractivity contribution in [3.63, 3.8) is 0 Å². The van der Waals surface area contributed by atoms with Gasteiger partial charge in [-0.25, -0.2) is 0 Å². The Labute approximate surface area is 514 Å². The lowest BCUT2D eigenvalue weighted by atomic mass is 10.1. The molecule has 0 rings (SSSR count). The second-order valence-corrected chi connectivity index (χ2v) is 23.4. The number of esters is 3. The van der Waals surface area contributed by atoms with Gasteiger partial charge in [-0.2, -0.15) is 0 Å². The van der Waals surface area contributed by atoms with E-state index in [1.807, 2.05) is 0 Å². The summed E-state index contributed by atoms with van der Waals surface area (Å²) < 4.78 is 17.0. The molecule has 1 unspecified atom stereocenters. The van der Waals surface area contributed by atoms with Gasteiger partial charge in [-0.05, 0) is 128 Å². The van der Waals surface area contributed by atoms with Crippen LogP contribution in [-0.2, 0) is 28.6 Å². The lowest BCUT2D eigenvalue weighted by molar-refractivity contribution is -0.167. The molecule has 0 aromatic heterocycles. The molecule has 1 atom stereocenters. The average molecular weight is 1150 g/mol. The fourth-order valence-corrected chi connectivity index (χ4v) is 9.94. The second kappa shape index (κ2) is 70.6. The van der Waals surface area contributed by atoms with Crippen LogP contribution < -0.4 is 0 Å². The Bertz CT molecular complexity index is 1660. The van der Waals surface area contributed by atoms with Gasteiger partial charge in [-0.1, -0.05) is 304 Å². The summed E-state index contributed by atoms with van der Waals surface area (Å²) in [7, 11) is 0. The molecule has 0 bridgehead atoms. The number of carbonyl (C=O) groups is 3. The number of carbonyl (C=O) groups excluding carboxylic acids is 3. The van der Waals surface area contributed by atoms with Crippen molar-refractivity contribution in [1.82, 2.24) is 0 Å². The van der Waals surface area contributed by atoms with E-state index in [1.54, 1.807) is 0 Å². The number of unbranched alkanes of at least 4 members (excludes halogenated alkanes) is 35. The van der Waals surface area contributed by atoms with Gasteiger partial charge in [-0.15, -0.1) is 0 Å². The molecule has 83 heavy (non-hydrogen) atoms. The molecule has 0 aromatic rings. The standard InChI is InChI=1S/C77H132O6/c1-4-7-10-13-16-19-22-25-28-31-33-35-37-38-40-41-43-46-49-52-55-58-61-64-67-70-76(79)82-73-74(72-81-75(78)69-66-63-60-57-54-51-48-45-30-27-24-21-18-15-12-9-6-3)83-77(80)71-68-65-62-59-56-53-50-47-44-42-39-36-34-32-29-26-23-20-17-14-11-8-5-2/h7,10,16,19,23,25-28,30,32-35,38-40,42,74H,4-6,8-9,11-15,17-18,20-22,24,29,31,36-37,41,43-73H2,1-3H3/b10-7-,19-16-,26-23-,28-25-,30-27-,34-32-,35-33-,40-38-,42-39-. The minimum absolute atomic E-state index is 0.0846. The van der Waals surface area contributed by atoms with Gasteiger partial charge in [0.05, 0.1) is 0 Å². The van der Waals surface area contributed by atoms with Crippen LogP contribution in [0.1, 0.15) is 342 Å². The zero-order valence-corrected chi connectivity index (χ0v) is 54.7. The molecular weight excluding hydrogens is 1020 g/mol. The summed E-state index contributed by atoms with van der Waals surface area (Å²) in [4.78, 5) is 38.5. The van der Waals surface area contributed by atoms with Crippen molar-refractivity contribution in [2.75, 3.05) is 13.2 Å². The lowest BCUT2D eigenvalue weighted by Crippen LogP contribution is -2.30. The van der Waals surface area contributed by atoms with Crippen molar-refractivity contribution < 1.29 is 28.6 Å². The summed E-state index contributed by atoms with van der Waals surface area (Å²) in [5.41, 5.74) is 0. The van der Waals surface area contributed by atoms with E-state index in [0.717, 1.165) is 116 Å². The molecular formula is C77H132O6. The van der Waals surface area contributed by atoms with Gasteiger partial charge in [0.15, 0.2) is 6.10 Å². The molecule has 0 heterocycles. The smallest absolute Gasteiger partial charge is 0.306 e. The first kappa shape index (κ1) is 79.1. The van der Waals surface area contributed by atoms with Crippen LogP contribution in [0.5, 0.6) is 0 Å². The maximum Gasteiger partial charge on any atom is 0.306 e. The first-order valence-electron chi connectivity index (χ1n) is 35.4. The van der Waals surface area contributed by atoms with Crippen molar-refractivity contribution in [1.29, 1.82) is 0 Å². The van der Waals surface area contributed by atoms with E-state index in [2.05, 4.69) is 130 Å². The topological polar surface area (TPSA) is 78.9 Å². The molecule has 0 radical (unpaired) electrons. The van der Waals surface area contributed by atoms with Crippen LogP contribution in [0, 0.1) is 0 Å². The van der Waals surface area contributed by atoms with Gasteiger partial charge in [0, 0.05) is 19.3 Å². The fourth-order valence-electron chi connectivity index (χ4n) is 9.94. The second-order valence-electron chi connectivity index (χ2n) is 23.4. The fraction of sp³-hybridized carbons (Fsp3) is 0.727. The van der Waals surface area contributed by atoms with Gasteiger partial charge < -0.3 is 14.2 Å². The molecule has 0 spiro atoms. The van der Waals surface area contributed by atoms with Crippen molar-refractivity contribution in [2.45, 2.75) is 348 Å². The quantitative estimate of drug-likeness (QED) is 0.0261.